The number of anilines is 4. The van der Waals surface area contributed by atoms with E-state index in [1.54, 1.807) is 12.1 Å². The minimum absolute atomic E-state index is 0.0774. The zero-order valence-electron chi connectivity index (χ0n) is 15.6. The SMILES string of the molecule is O=C(Cc1cc(Nc2cc(N3CCOCC3)ncn2)n[nH]1)Nc1cccc(F)c1. The molecule has 3 N–H and O–H groups in total. The van der Waals surface area contributed by atoms with Crippen LogP contribution >= 0.6 is 0 Å². The van der Waals surface area contributed by atoms with Crippen LogP contribution in [-0.2, 0) is 16.0 Å². The second-order valence-electron chi connectivity index (χ2n) is 6.50. The Morgan fingerprint density at radius 1 is 1.17 bits per heavy atom. The molecule has 0 saturated carbocycles. The Hall–Kier alpha value is -3.53. The van der Waals surface area contributed by atoms with Gasteiger partial charge < -0.3 is 20.3 Å². The maximum absolute atomic E-state index is 13.2. The van der Waals surface area contributed by atoms with E-state index in [0.29, 0.717) is 36.2 Å². The monoisotopic (exact) mass is 397 g/mol. The lowest BCUT2D eigenvalue weighted by Crippen LogP contribution is -2.36. The fourth-order valence-electron chi connectivity index (χ4n) is 2.97. The molecule has 0 atom stereocenters. The molecule has 3 heterocycles. The van der Waals surface area contributed by atoms with Crippen LogP contribution < -0.4 is 15.5 Å². The fourth-order valence-corrected chi connectivity index (χ4v) is 2.97. The molecule has 1 amide bonds. The lowest BCUT2D eigenvalue weighted by atomic mass is 10.2. The van der Waals surface area contributed by atoms with Crippen LogP contribution in [0.25, 0.3) is 0 Å². The second-order valence-corrected chi connectivity index (χ2v) is 6.50. The van der Waals surface area contributed by atoms with Gasteiger partial charge in [-0.2, -0.15) is 5.10 Å². The van der Waals surface area contributed by atoms with Gasteiger partial charge in [0.05, 0.1) is 19.6 Å². The van der Waals surface area contributed by atoms with E-state index >= 15 is 0 Å². The van der Waals surface area contributed by atoms with Gasteiger partial charge in [-0.3, -0.25) is 9.89 Å². The van der Waals surface area contributed by atoms with Gasteiger partial charge in [-0.1, -0.05) is 6.07 Å². The molecule has 0 bridgehead atoms. The van der Waals surface area contributed by atoms with Gasteiger partial charge in [0, 0.05) is 36.6 Å². The molecule has 10 heteroatoms. The average Bonchev–Trinajstić information content (AvgIpc) is 3.15. The minimum atomic E-state index is -0.405. The summed E-state index contributed by atoms with van der Waals surface area (Å²) >= 11 is 0. The van der Waals surface area contributed by atoms with Crippen molar-refractivity contribution < 1.29 is 13.9 Å². The summed E-state index contributed by atoms with van der Waals surface area (Å²) in [4.78, 5) is 22.8. The number of nitrogens with zero attached hydrogens (tertiary/aromatic N) is 4. The number of hydrogen-bond acceptors (Lipinski definition) is 7. The molecule has 1 saturated heterocycles. The number of aromatic nitrogens is 4. The Morgan fingerprint density at radius 3 is 2.86 bits per heavy atom. The van der Waals surface area contributed by atoms with Gasteiger partial charge in [-0.05, 0) is 18.2 Å². The first-order valence-corrected chi connectivity index (χ1v) is 9.17. The van der Waals surface area contributed by atoms with E-state index < -0.39 is 5.82 Å². The number of nitrogens with one attached hydrogen (secondary N) is 3. The number of hydrogen-bond donors (Lipinski definition) is 3. The molecule has 9 nitrogen and oxygen atoms in total. The molecule has 1 fully saturated rings. The molecular formula is C19H20FN7O2. The highest BCUT2D eigenvalue weighted by molar-refractivity contribution is 5.92. The maximum atomic E-state index is 13.2. The maximum Gasteiger partial charge on any atom is 0.230 e. The normalized spacial score (nSPS) is 13.9. The van der Waals surface area contributed by atoms with Crippen LogP contribution in [0.2, 0.25) is 0 Å². The molecular weight excluding hydrogens is 377 g/mol. The van der Waals surface area contributed by atoms with Gasteiger partial charge in [-0.25, -0.2) is 14.4 Å². The highest BCUT2D eigenvalue weighted by Crippen LogP contribution is 2.19. The van der Waals surface area contributed by atoms with Crippen molar-refractivity contribution >= 4 is 29.0 Å². The van der Waals surface area contributed by atoms with Crippen molar-refractivity contribution in [3.63, 3.8) is 0 Å². The second kappa shape index (κ2) is 8.65. The molecule has 1 aliphatic heterocycles. The van der Waals surface area contributed by atoms with Crippen LogP contribution in [0.1, 0.15) is 5.69 Å². The number of benzene rings is 1. The molecule has 0 spiro atoms. The van der Waals surface area contributed by atoms with E-state index in [9.17, 15) is 9.18 Å². The van der Waals surface area contributed by atoms with E-state index in [4.69, 9.17) is 4.74 Å². The zero-order valence-corrected chi connectivity index (χ0v) is 15.6. The van der Waals surface area contributed by atoms with Crippen molar-refractivity contribution in [2.75, 3.05) is 41.8 Å². The van der Waals surface area contributed by atoms with Gasteiger partial charge in [0.15, 0.2) is 5.82 Å². The van der Waals surface area contributed by atoms with E-state index in [1.807, 2.05) is 6.07 Å². The lowest BCUT2D eigenvalue weighted by Gasteiger charge is -2.27. The van der Waals surface area contributed by atoms with Crippen LogP contribution in [0.5, 0.6) is 0 Å². The van der Waals surface area contributed by atoms with Crippen LogP contribution in [0.3, 0.4) is 0 Å². The van der Waals surface area contributed by atoms with E-state index in [2.05, 4.69) is 35.7 Å². The molecule has 1 aromatic carbocycles. The molecule has 3 aromatic rings. The summed E-state index contributed by atoms with van der Waals surface area (Å²) in [5.41, 5.74) is 1.02. The van der Waals surface area contributed by atoms with Crippen molar-refractivity contribution in [1.82, 2.24) is 20.2 Å². The number of ether oxygens (including phenoxy) is 1. The summed E-state index contributed by atoms with van der Waals surface area (Å²) in [6.45, 7) is 2.91. The largest absolute Gasteiger partial charge is 0.378 e. The Kier molecular flexibility index (Phi) is 5.61. The van der Waals surface area contributed by atoms with Crippen LogP contribution in [0.15, 0.2) is 42.7 Å². The highest BCUT2D eigenvalue weighted by atomic mass is 19.1. The molecule has 0 unspecified atom stereocenters. The first kappa shape index (κ1) is 18.8. The fraction of sp³-hybridized carbons (Fsp3) is 0.263. The molecule has 1 aliphatic rings. The summed E-state index contributed by atoms with van der Waals surface area (Å²) in [5, 5.41) is 12.7. The number of halogens is 1. The number of H-pyrrole nitrogens is 1. The standard InChI is InChI=1S/C19H20FN7O2/c20-13-2-1-3-14(8-13)23-19(28)10-15-9-17(26-25-15)24-16-11-18(22-12-21-16)27-4-6-29-7-5-27/h1-3,8-9,11-12H,4-7,10H2,(H,23,28)(H2,21,22,24,25,26). The third-order valence-electron chi connectivity index (χ3n) is 4.33. The molecule has 4 rings (SSSR count). The van der Waals surface area contributed by atoms with E-state index in [0.717, 1.165) is 18.9 Å². The summed E-state index contributed by atoms with van der Waals surface area (Å²) in [6, 6.07) is 9.31. The summed E-state index contributed by atoms with van der Waals surface area (Å²) in [6.07, 6.45) is 1.57. The quantitative estimate of drug-likeness (QED) is 0.585. The predicted octanol–water partition coefficient (Wildman–Crippen LogP) is 2.10. The number of carbonyl (C=O) groups excluding carboxylic acids is 1. The molecule has 2 aromatic heterocycles. The minimum Gasteiger partial charge on any atom is -0.378 e. The van der Waals surface area contributed by atoms with Crippen molar-refractivity contribution in [3.05, 3.63) is 54.2 Å². The molecule has 0 aliphatic carbocycles. The van der Waals surface area contributed by atoms with Gasteiger partial charge in [0.1, 0.15) is 23.8 Å². The van der Waals surface area contributed by atoms with Crippen molar-refractivity contribution in [2.45, 2.75) is 6.42 Å². The third-order valence-corrected chi connectivity index (χ3v) is 4.33. The number of carbonyl (C=O) groups is 1. The highest BCUT2D eigenvalue weighted by Gasteiger charge is 2.14. The molecule has 0 radical (unpaired) electrons. The van der Waals surface area contributed by atoms with E-state index in [-0.39, 0.29) is 12.3 Å². The average molecular weight is 397 g/mol. The topological polar surface area (TPSA) is 108 Å². The predicted molar refractivity (Wildman–Crippen MR) is 106 cm³/mol. The lowest BCUT2D eigenvalue weighted by molar-refractivity contribution is -0.115. The number of morpholine rings is 1. The van der Waals surface area contributed by atoms with Crippen molar-refractivity contribution in [1.29, 1.82) is 0 Å². The van der Waals surface area contributed by atoms with Crippen LogP contribution in [-0.4, -0.2) is 52.4 Å². The third kappa shape index (κ3) is 5.05. The first-order chi connectivity index (χ1) is 14.2. The van der Waals surface area contributed by atoms with Crippen LogP contribution in [0.4, 0.5) is 27.5 Å². The van der Waals surface area contributed by atoms with E-state index in [1.165, 1.54) is 24.5 Å². The number of aromatic amines is 1. The van der Waals surface area contributed by atoms with Crippen molar-refractivity contribution in [3.8, 4) is 0 Å². The van der Waals surface area contributed by atoms with Gasteiger partial charge in [0.2, 0.25) is 5.91 Å². The Balaban J connectivity index is 1.36. The zero-order chi connectivity index (χ0) is 20.1. The Bertz CT molecular complexity index is 988. The summed E-state index contributed by atoms with van der Waals surface area (Å²) < 4.78 is 18.6. The summed E-state index contributed by atoms with van der Waals surface area (Å²) in [7, 11) is 0. The van der Waals surface area contributed by atoms with Crippen molar-refractivity contribution in [2.24, 2.45) is 0 Å². The Labute approximate surface area is 166 Å². The van der Waals surface area contributed by atoms with Gasteiger partial charge in [-0.15, -0.1) is 0 Å². The summed E-state index contributed by atoms with van der Waals surface area (Å²) in [5.74, 6) is 1.27. The van der Waals surface area contributed by atoms with Gasteiger partial charge >= 0.3 is 0 Å². The number of amides is 1. The van der Waals surface area contributed by atoms with Crippen LogP contribution in [0, 0.1) is 5.82 Å². The first-order valence-electron chi connectivity index (χ1n) is 9.17. The Morgan fingerprint density at radius 2 is 2.03 bits per heavy atom. The number of rotatable bonds is 6. The van der Waals surface area contributed by atoms with Gasteiger partial charge in [0.25, 0.3) is 0 Å². The molecule has 29 heavy (non-hydrogen) atoms. The molecule has 150 valence electrons. The smallest absolute Gasteiger partial charge is 0.230 e.